The first kappa shape index (κ1) is 8.96. The van der Waals surface area contributed by atoms with Gasteiger partial charge < -0.3 is 4.74 Å². The highest BCUT2D eigenvalue weighted by atomic mass is 32.2. The van der Waals surface area contributed by atoms with Crippen molar-refractivity contribution in [3.05, 3.63) is 0 Å². The van der Waals surface area contributed by atoms with Crippen molar-refractivity contribution in [2.75, 3.05) is 19.4 Å². The molecular weight excluding hydrogens is 166 g/mol. The van der Waals surface area contributed by atoms with Crippen LogP contribution in [0.15, 0.2) is 0 Å². The molecule has 1 atom stereocenters. The summed E-state index contributed by atoms with van der Waals surface area (Å²) >= 11 is 0. The van der Waals surface area contributed by atoms with Crippen LogP contribution in [0, 0.1) is 0 Å². The molecule has 0 aromatic heterocycles. The minimum Gasteiger partial charge on any atom is -0.377 e. The van der Waals surface area contributed by atoms with Gasteiger partial charge >= 0.3 is 0 Å². The molecule has 1 rings (SSSR count). The van der Waals surface area contributed by atoms with E-state index in [0.717, 1.165) is 25.7 Å². The molecule has 1 fully saturated rings. The molecule has 66 valence electrons. The van der Waals surface area contributed by atoms with Crippen LogP contribution in [-0.4, -0.2) is 33.9 Å². The van der Waals surface area contributed by atoms with Gasteiger partial charge in [0.2, 0.25) is 10.0 Å². The minimum atomic E-state index is -3.04. The fourth-order valence-corrected chi connectivity index (χ4v) is 1.54. The van der Waals surface area contributed by atoms with E-state index >= 15 is 0 Å². The summed E-state index contributed by atoms with van der Waals surface area (Å²) in [5, 5.41) is 0. The number of hydrogen-bond acceptors (Lipinski definition) is 3. The summed E-state index contributed by atoms with van der Waals surface area (Å²) in [6.45, 7) is 1.18. The predicted octanol–water partition coefficient (Wildman–Crippen LogP) is -0.285. The lowest BCUT2D eigenvalue weighted by Crippen LogP contribution is -2.30. The Morgan fingerprint density at radius 2 is 2.36 bits per heavy atom. The Labute approximate surface area is 67.0 Å². The Morgan fingerprint density at radius 3 is 2.82 bits per heavy atom. The largest absolute Gasteiger partial charge is 0.377 e. The van der Waals surface area contributed by atoms with E-state index < -0.39 is 10.0 Å². The lowest BCUT2D eigenvalue weighted by atomic mass is 10.2. The number of sulfonamides is 1. The number of ether oxygens (including phenoxy) is 1. The molecule has 0 amide bonds. The third-order valence-electron chi connectivity index (χ3n) is 1.60. The molecule has 0 spiro atoms. The van der Waals surface area contributed by atoms with Crippen molar-refractivity contribution in [3.63, 3.8) is 0 Å². The van der Waals surface area contributed by atoms with Crippen LogP contribution in [0.3, 0.4) is 0 Å². The fraction of sp³-hybridized carbons (Fsp3) is 1.00. The Bertz CT molecular complexity index is 206. The van der Waals surface area contributed by atoms with Gasteiger partial charge in [0.25, 0.3) is 0 Å². The van der Waals surface area contributed by atoms with Gasteiger partial charge in [0.1, 0.15) is 0 Å². The smallest absolute Gasteiger partial charge is 0.208 e. The number of nitrogens with one attached hydrogen (secondary N) is 1. The second kappa shape index (κ2) is 3.51. The summed E-state index contributed by atoms with van der Waals surface area (Å²) in [6.07, 6.45) is 3.24. The minimum absolute atomic E-state index is 0.0877. The van der Waals surface area contributed by atoms with E-state index in [2.05, 4.69) is 4.72 Å². The van der Waals surface area contributed by atoms with Crippen molar-refractivity contribution in [1.82, 2.24) is 4.72 Å². The zero-order valence-electron chi connectivity index (χ0n) is 6.54. The molecule has 4 nitrogen and oxygen atoms in total. The van der Waals surface area contributed by atoms with Gasteiger partial charge in [-0.05, 0) is 12.8 Å². The molecule has 1 N–H and O–H groups in total. The molecule has 5 heteroatoms. The van der Waals surface area contributed by atoms with E-state index in [0.29, 0.717) is 6.54 Å². The molecule has 0 aromatic carbocycles. The SMILES string of the molecule is CS(=O)(=O)NC[C@@H]1CCCO1. The van der Waals surface area contributed by atoms with Crippen LogP contribution >= 0.6 is 0 Å². The van der Waals surface area contributed by atoms with Crippen molar-refractivity contribution < 1.29 is 13.2 Å². The third kappa shape index (κ3) is 3.69. The van der Waals surface area contributed by atoms with Gasteiger partial charge in [-0.1, -0.05) is 0 Å². The van der Waals surface area contributed by atoms with Crippen LogP contribution in [0.25, 0.3) is 0 Å². The first-order chi connectivity index (χ1) is 5.08. The monoisotopic (exact) mass is 179 g/mol. The third-order valence-corrected chi connectivity index (χ3v) is 2.29. The van der Waals surface area contributed by atoms with Gasteiger partial charge in [-0.3, -0.25) is 0 Å². The summed E-state index contributed by atoms with van der Waals surface area (Å²) in [5.74, 6) is 0. The van der Waals surface area contributed by atoms with Crippen molar-refractivity contribution in [2.24, 2.45) is 0 Å². The number of hydrogen-bond donors (Lipinski definition) is 1. The molecule has 1 heterocycles. The molecule has 0 saturated carbocycles. The van der Waals surface area contributed by atoms with Gasteiger partial charge in [0.05, 0.1) is 12.4 Å². The highest BCUT2D eigenvalue weighted by Gasteiger charge is 2.16. The van der Waals surface area contributed by atoms with Gasteiger partial charge in [0, 0.05) is 13.2 Å². The highest BCUT2D eigenvalue weighted by Crippen LogP contribution is 2.10. The summed E-state index contributed by atoms with van der Waals surface area (Å²) in [5.41, 5.74) is 0. The zero-order valence-corrected chi connectivity index (χ0v) is 7.36. The van der Waals surface area contributed by atoms with Gasteiger partial charge in [0.15, 0.2) is 0 Å². The molecular formula is C6H13NO3S. The standard InChI is InChI=1S/C6H13NO3S/c1-11(8,9)7-5-6-3-2-4-10-6/h6-7H,2-5H2,1H3/t6-/m0/s1. The predicted molar refractivity (Wildman–Crippen MR) is 41.8 cm³/mol. The van der Waals surface area contributed by atoms with E-state index in [9.17, 15) is 8.42 Å². The molecule has 0 aliphatic carbocycles. The molecule has 0 aromatic rings. The van der Waals surface area contributed by atoms with Crippen LogP contribution in [-0.2, 0) is 14.8 Å². The van der Waals surface area contributed by atoms with Gasteiger partial charge in [-0.25, -0.2) is 13.1 Å². The maximum atomic E-state index is 10.6. The Hall–Kier alpha value is -0.130. The summed E-state index contributed by atoms with van der Waals surface area (Å²) in [7, 11) is -3.04. The van der Waals surface area contributed by atoms with E-state index in [4.69, 9.17) is 4.74 Å². The second-order valence-electron chi connectivity index (χ2n) is 2.76. The maximum Gasteiger partial charge on any atom is 0.208 e. The van der Waals surface area contributed by atoms with Crippen molar-refractivity contribution in [1.29, 1.82) is 0 Å². The average molecular weight is 179 g/mol. The highest BCUT2D eigenvalue weighted by molar-refractivity contribution is 7.88. The summed E-state index contributed by atoms with van der Waals surface area (Å²) in [6, 6.07) is 0. The summed E-state index contributed by atoms with van der Waals surface area (Å²) < 4.78 is 28.9. The number of rotatable bonds is 3. The molecule has 0 unspecified atom stereocenters. The van der Waals surface area contributed by atoms with Gasteiger partial charge in [-0.15, -0.1) is 0 Å². The molecule has 0 bridgehead atoms. The molecule has 11 heavy (non-hydrogen) atoms. The van der Waals surface area contributed by atoms with Crippen molar-refractivity contribution in [2.45, 2.75) is 18.9 Å². The van der Waals surface area contributed by atoms with E-state index in [1.54, 1.807) is 0 Å². The second-order valence-corrected chi connectivity index (χ2v) is 4.59. The Morgan fingerprint density at radius 1 is 1.64 bits per heavy atom. The van der Waals surface area contributed by atoms with Crippen LogP contribution in [0.5, 0.6) is 0 Å². The zero-order chi connectivity index (χ0) is 8.32. The lowest BCUT2D eigenvalue weighted by Gasteiger charge is -2.08. The molecule has 1 saturated heterocycles. The van der Waals surface area contributed by atoms with Crippen molar-refractivity contribution in [3.8, 4) is 0 Å². The lowest BCUT2D eigenvalue weighted by molar-refractivity contribution is 0.114. The van der Waals surface area contributed by atoms with E-state index in [-0.39, 0.29) is 6.10 Å². The van der Waals surface area contributed by atoms with E-state index in [1.165, 1.54) is 0 Å². The molecule has 1 aliphatic heterocycles. The quantitative estimate of drug-likeness (QED) is 0.648. The van der Waals surface area contributed by atoms with Crippen molar-refractivity contribution >= 4 is 10.0 Å². The van der Waals surface area contributed by atoms with Crippen LogP contribution in [0.1, 0.15) is 12.8 Å². The first-order valence-electron chi connectivity index (χ1n) is 3.64. The average Bonchev–Trinajstić information content (AvgIpc) is 2.32. The first-order valence-corrected chi connectivity index (χ1v) is 5.53. The van der Waals surface area contributed by atoms with Crippen LogP contribution in [0.2, 0.25) is 0 Å². The topological polar surface area (TPSA) is 55.4 Å². The maximum absolute atomic E-state index is 10.6. The van der Waals surface area contributed by atoms with E-state index in [1.807, 2.05) is 0 Å². The molecule has 0 radical (unpaired) electrons. The summed E-state index contributed by atoms with van der Waals surface area (Å²) in [4.78, 5) is 0. The Kier molecular flexibility index (Phi) is 2.86. The van der Waals surface area contributed by atoms with Gasteiger partial charge in [-0.2, -0.15) is 0 Å². The molecule has 1 aliphatic rings. The van der Waals surface area contributed by atoms with Crippen LogP contribution < -0.4 is 4.72 Å². The van der Waals surface area contributed by atoms with Crippen LogP contribution in [0.4, 0.5) is 0 Å². The normalized spacial score (nSPS) is 25.7. The fourth-order valence-electron chi connectivity index (χ4n) is 1.05. The Balaban J connectivity index is 2.22.